The van der Waals surface area contributed by atoms with Gasteiger partial charge in [0.25, 0.3) is 5.91 Å². The van der Waals surface area contributed by atoms with Gasteiger partial charge in [0.15, 0.2) is 6.10 Å². The molecule has 0 saturated carbocycles. The molecule has 0 unspecified atom stereocenters. The smallest absolute Gasteiger partial charge is 0.338 e. The summed E-state index contributed by atoms with van der Waals surface area (Å²) < 4.78 is 10.3. The lowest BCUT2D eigenvalue weighted by Crippen LogP contribution is -2.30. The molecule has 142 valence electrons. The van der Waals surface area contributed by atoms with Crippen LogP contribution in [-0.2, 0) is 25.7 Å². The number of esters is 1. The molecular weight excluding hydrogens is 348 g/mol. The van der Waals surface area contributed by atoms with Crippen molar-refractivity contribution in [2.45, 2.75) is 26.6 Å². The van der Waals surface area contributed by atoms with E-state index < -0.39 is 18.0 Å². The lowest BCUT2D eigenvalue weighted by atomic mass is 10.1. The first kappa shape index (κ1) is 20.1. The van der Waals surface area contributed by atoms with Crippen LogP contribution < -0.4 is 10.6 Å². The summed E-state index contributed by atoms with van der Waals surface area (Å²) in [6.07, 6.45) is -0.974. The van der Waals surface area contributed by atoms with Crippen LogP contribution in [-0.4, -0.2) is 31.0 Å². The fraction of sp³-hybridized carbons (Fsp3) is 0.250. The second-order valence-electron chi connectivity index (χ2n) is 5.93. The third kappa shape index (κ3) is 6.23. The molecule has 2 N–H and O–H groups in total. The standard InChI is InChI=1S/C20H22N2O5/c1-13(27-20(25)16-6-4-5-15(11-16)12-26-3)19(24)22-18-9-7-17(8-10-18)21-14(2)23/h4-11,13H,12H2,1-3H3,(H,21,23)(H,22,24)/t13-/m0/s1. The summed E-state index contributed by atoms with van der Waals surface area (Å²) in [7, 11) is 1.57. The summed E-state index contributed by atoms with van der Waals surface area (Å²) in [6, 6.07) is 13.5. The highest BCUT2D eigenvalue weighted by atomic mass is 16.5. The molecule has 0 bridgehead atoms. The van der Waals surface area contributed by atoms with Crippen LogP contribution >= 0.6 is 0 Å². The summed E-state index contributed by atoms with van der Waals surface area (Å²) in [5, 5.41) is 5.30. The number of benzene rings is 2. The molecule has 2 rings (SSSR count). The molecule has 7 nitrogen and oxygen atoms in total. The Kier molecular flexibility index (Phi) is 7.08. The quantitative estimate of drug-likeness (QED) is 0.731. The van der Waals surface area contributed by atoms with Gasteiger partial charge in [-0.3, -0.25) is 9.59 Å². The highest BCUT2D eigenvalue weighted by Gasteiger charge is 2.19. The Morgan fingerprint density at radius 1 is 1.00 bits per heavy atom. The monoisotopic (exact) mass is 370 g/mol. The molecule has 2 aromatic rings. The van der Waals surface area contributed by atoms with Gasteiger partial charge in [-0.1, -0.05) is 12.1 Å². The summed E-state index contributed by atoms with van der Waals surface area (Å²) in [4.78, 5) is 35.5. The maximum Gasteiger partial charge on any atom is 0.338 e. The Hall–Kier alpha value is -3.19. The molecule has 0 heterocycles. The zero-order valence-electron chi connectivity index (χ0n) is 15.4. The van der Waals surface area contributed by atoms with Crippen molar-refractivity contribution in [1.29, 1.82) is 0 Å². The van der Waals surface area contributed by atoms with Gasteiger partial charge in [-0.2, -0.15) is 0 Å². The number of rotatable bonds is 7. The Morgan fingerprint density at radius 3 is 2.22 bits per heavy atom. The van der Waals surface area contributed by atoms with Crippen molar-refractivity contribution >= 4 is 29.2 Å². The maximum atomic E-state index is 12.2. The van der Waals surface area contributed by atoms with Gasteiger partial charge in [0.1, 0.15) is 0 Å². The van der Waals surface area contributed by atoms with Crippen molar-refractivity contribution in [1.82, 2.24) is 0 Å². The number of carbonyl (C=O) groups excluding carboxylic acids is 3. The van der Waals surface area contributed by atoms with E-state index in [1.54, 1.807) is 49.6 Å². The fourth-order valence-electron chi connectivity index (χ4n) is 2.32. The molecule has 0 aromatic heterocycles. The first-order chi connectivity index (χ1) is 12.9. The van der Waals surface area contributed by atoms with Gasteiger partial charge < -0.3 is 20.1 Å². The number of anilines is 2. The predicted octanol–water partition coefficient (Wildman–Crippen LogP) is 2.98. The van der Waals surface area contributed by atoms with Gasteiger partial charge in [-0.05, 0) is 48.9 Å². The summed E-state index contributed by atoms with van der Waals surface area (Å²) in [6.45, 7) is 3.29. The molecule has 0 spiro atoms. The Morgan fingerprint density at radius 2 is 1.63 bits per heavy atom. The third-order valence-corrected chi connectivity index (χ3v) is 3.60. The van der Waals surface area contributed by atoms with Crippen molar-refractivity contribution in [2.75, 3.05) is 17.7 Å². The average molecular weight is 370 g/mol. The van der Waals surface area contributed by atoms with Crippen molar-refractivity contribution in [2.24, 2.45) is 0 Å². The number of nitrogens with one attached hydrogen (secondary N) is 2. The van der Waals surface area contributed by atoms with E-state index in [4.69, 9.17) is 9.47 Å². The van der Waals surface area contributed by atoms with Crippen LogP contribution in [0.15, 0.2) is 48.5 Å². The lowest BCUT2D eigenvalue weighted by Gasteiger charge is -2.14. The third-order valence-electron chi connectivity index (χ3n) is 3.60. The van der Waals surface area contributed by atoms with Crippen LogP contribution in [0.5, 0.6) is 0 Å². The summed E-state index contributed by atoms with van der Waals surface area (Å²) in [5.41, 5.74) is 2.34. The van der Waals surface area contributed by atoms with E-state index in [-0.39, 0.29) is 5.91 Å². The minimum absolute atomic E-state index is 0.179. The first-order valence-electron chi connectivity index (χ1n) is 8.36. The first-order valence-corrected chi connectivity index (χ1v) is 8.36. The van der Waals surface area contributed by atoms with E-state index in [2.05, 4.69) is 10.6 Å². The summed E-state index contributed by atoms with van der Waals surface area (Å²) in [5.74, 6) is -1.22. The lowest BCUT2D eigenvalue weighted by molar-refractivity contribution is -0.123. The van der Waals surface area contributed by atoms with Gasteiger partial charge >= 0.3 is 5.97 Å². The van der Waals surface area contributed by atoms with Gasteiger partial charge in [0, 0.05) is 25.4 Å². The van der Waals surface area contributed by atoms with Crippen LogP contribution in [0, 0.1) is 0 Å². The normalized spacial score (nSPS) is 11.4. The molecule has 0 saturated heterocycles. The van der Waals surface area contributed by atoms with Gasteiger partial charge in [-0.15, -0.1) is 0 Å². The Bertz CT molecular complexity index is 817. The van der Waals surface area contributed by atoms with E-state index in [1.807, 2.05) is 6.07 Å². The van der Waals surface area contributed by atoms with E-state index >= 15 is 0 Å². The largest absolute Gasteiger partial charge is 0.449 e. The van der Waals surface area contributed by atoms with Crippen molar-refractivity contribution in [3.05, 3.63) is 59.7 Å². The second-order valence-corrected chi connectivity index (χ2v) is 5.93. The van der Waals surface area contributed by atoms with Crippen LogP contribution in [0.3, 0.4) is 0 Å². The van der Waals surface area contributed by atoms with Gasteiger partial charge in [0.05, 0.1) is 12.2 Å². The van der Waals surface area contributed by atoms with E-state index in [1.165, 1.54) is 13.8 Å². The minimum atomic E-state index is -0.974. The maximum absolute atomic E-state index is 12.2. The topological polar surface area (TPSA) is 93.7 Å². The minimum Gasteiger partial charge on any atom is -0.449 e. The zero-order valence-corrected chi connectivity index (χ0v) is 15.4. The number of ether oxygens (including phenoxy) is 2. The number of hydrogen-bond donors (Lipinski definition) is 2. The molecule has 1 atom stereocenters. The molecule has 2 aromatic carbocycles. The summed E-state index contributed by atoms with van der Waals surface area (Å²) >= 11 is 0. The highest BCUT2D eigenvalue weighted by molar-refractivity contribution is 5.97. The number of carbonyl (C=O) groups is 3. The molecule has 27 heavy (non-hydrogen) atoms. The molecule has 2 amide bonds. The zero-order chi connectivity index (χ0) is 19.8. The Labute approximate surface area is 157 Å². The SMILES string of the molecule is COCc1cccc(C(=O)O[C@@H](C)C(=O)Nc2ccc(NC(C)=O)cc2)c1. The number of hydrogen-bond acceptors (Lipinski definition) is 5. The number of methoxy groups -OCH3 is 1. The van der Waals surface area contributed by atoms with Crippen molar-refractivity contribution in [3.63, 3.8) is 0 Å². The molecule has 0 fully saturated rings. The van der Waals surface area contributed by atoms with Gasteiger partial charge in [-0.25, -0.2) is 4.79 Å². The predicted molar refractivity (Wildman–Crippen MR) is 101 cm³/mol. The van der Waals surface area contributed by atoms with Crippen molar-refractivity contribution in [3.8, 4) is 0 Å². The van der Waals surface area contributed by atoms with Crippen molar-refractivity contribution < 1.29 is 23.9 Å². The van der Waals surface area contributed by atoms with Crippen LogP contribution in [0.2, 0.25) is 0 Å². The van der Waals surface area contributed by atoms with Crippen LogP contribution in [0.25, 0.3) is 0 Å². The van der Waals surface area contributed by atoms with Crippen LogP contribution in [0.1, 0.15) is 29.8 Å². The molecule has 7 heteroatoms. The van der Waals surface area contributed by atoms with E-state index in [0.717, 1.165) is 5.56 Å². The van der Waals surface area contributed by atoms with E-state index in [0.29, 0.717) is 23.5 Å². The fourth-order valence-corrected chi connectivity index (χ4v) is 2.32. The van der Waals surface area contributed by atoms with Crippen LogP contribution in [0.4, 0.5) is 11.4 Å². The molecular formula is C20H22N2O5. The van der Waals surface area contributed by atoms with E-state index in [9.17, 15) is 14.4 Å². The van der Waals surface area contributed by atoms with Gasteiger partial charge in [0.2, 0.25) is 5.91 Å². The molecule has 0 aliphatic carbocycles. The molecule has 0 radical (unpaired) electrons. The Balaban J connectivity index is 1.93. The molecule has 0 aliphatic rings. The number of amides is 2. The highest BCUT2D eigenvalue weighted by Crippen LogP contribution is 2.15. The average Bonchev–Trinajstić information content (AvgIpc) is 2.63. The second kappa shape index (κ2) is 9.49. The molecule has 0 aliphatic heterocycles.